The van der Waals surface area contributed by atoms with Crippen LogP contribution in [0, 0.1) is 5.92 Å². The van der Waals surface area contributed by atoms with Gasteiger partial charge in [-0.2, -0.15) is 0 Å². The summed E-state index contributed by atoms with van der Waals surface area (Å²) in [6, 6.07) is 5.83. The van der Waals surface area contributed by atoms with E-state index in [0.717, 1.165) is 5.69 Å². The van der Waals surface area contributed by atoms with Crippen LogP contribution in [-0.4, -0.2) is 37.2 Å². The Hall–Kier alpha value is -2.24. The van der Waals surface area contributed by atoms with Crippen LogP contribution in [0.25, 0.3) is 0 Å². The smallest absolute Gasteiger partial charge is 0.326 e. The lowest BCUT2D eigenvalue weighted by atomic mass is 10.1. The molecule has 0 aliphatic carbocycles. The Morgan fingerprint density at radius 3 is 2.10 bits per heavy atom. The molecule has 0 spiro atoms. The fourth-order valence-corrected chi connectivity index (χ4v) is 1.66. The molecule has 3 N–H and O–H groups in total. The van der Waals surface area contributed by atoms with E-state index in [-0.39, 0.29) is 5.92 Å². The van der Waals surface area contributed by atoms with E-state index in [1.807, 2.05) is 31.1 Å². The van der Waals surface area contributed by atoms with Crippen molar-refractivity contribution in [2.24, 2.45) is 5.92 Å². The molecule has 2 amide bonds. The molecule has 0 bridgehead atoms. The third kappa shape index (κ3) is 4.46. The summed E-state index contributed by atoms with van der Waals surface area (Å²) in [5.41, 5.74) is 1.63. The zero-order chi connectivity index (χ0) is 15.3. The average molecular weight is 279 g/mol. The van der Waals surface area contributed by atoms with Gasteiger partial charge in [0, 0.05) is 25.5 Å². The van der Waals surface area contributed by atoms with Crippen LogP contribution in [0.5, 0.6) is 0 Å². The quantitative estimate of drug-likeness (QED) is 0.770. The molecular weight excluding hydrogens is 258 g/mol. The Morgan fingerprint density at radius 1 is 1.15 bits per heavy atom. The van der Waals surface area contributed by atoms with Gasteiger partial charge < -0.3 is 20.6 Å². The zero-order valence-corrected chi connectivity index (χ0v) is 12.2. The predicted molar refractivity (Wildman–Crippen MR) is 79.2 cm³/mol. The number of nitrogens with zero attached hydrogens (tertiary/aromatic N) is 1. The minimum atomic E-state index is -1.04. The van der Waals surface area contributed by atoms with Gasteiger partial charge in [0.1, 0.15) is 6.04 Å². The van der Waals surface area contributed by atoms with Gasteiger partial charge in [-0.25, -0.2) is 9.59 Å². The molecule has 1 aromatic rings. The van der Waals surface area contributed by atoms with Crippen LogP contribution in [0.3, 0.4) is 0 Å². The molecule has 1 aromatic carbocycles. The fourth-order valence-electron chi connectivity index (χ4n) is 1.66. The number of anilines is 2. The number of amides is 2. The number of urea groups is 1. The number of carboxylic acid groups (broad SMARTS) is 1. The summed E-state index contributed by atoms with van der Waals surface area (Å²) in [5, 5.41) is 14.1. The van der Waals surface area contributed by atoms with Gasteiger partial charge in [-0.15, -0.1) is 0 Å². The minimum Gasteiger partial charge on any atom is -0.480 e. The summed E-state index contributed by atoms with van der Waals surface area (Å²) in [6.45, 7) is 3.48. The van der Waals surface area contributed by atoms with Gasteiger partial charge in [0.2, 0.25) is 0 Å². The molecule has 0 unspecified atom stereocenters. The van der Waals surface area contributed by atoms with Gasteiger partial charge in [0.25, 0.3) is 0 Å². The number of nitrogens with one attached hydrogen (secondary N) is 2. The number of aliphatic carboxylic acids is 1. The Kier molecular flexibility index (Phi) is 5.37. The van der Waals surface area contributed by atoms with Crippen LogP contribution < -0.4 is 15.5 Å². The largest absolute Gasteiger partial charge is 0.480 e. The molecule has 0 saturated heterocycles. The molecule has 0 fully saturated rings. The van der Waals surface area contributed by atoms with Gasteiger partial charge in [-0.05, 0) is 30.2 Å². The van der Waals surface area contributed by atoms with E-state index in [9.17, 15) is 9.59 Å². The molecule has 0 aromatic heterocycles. The molecule has 0 aliphatic heterocycles. The first-order valence-corrected chi connectivity index (χ1v) is 6.39. The molecule has 0 radical (unpaired) electrons. The molecule has 0 aliphatic rings. The molecule has 6 nitrogen and oxygen atoms in total. The van der Waals surface area contributed by atoms with Crippen LogP contribution in [0.15, 0.2) is 24.3 Å². The number of carbonyl (C=O) groups is 2. The lowest BCUT2D eigenvalue weighted by Gasteiger charge is -2.18. The molecule has 0 heterocycles. The second-order valence-electron chi connectivity index (χ2n) is 5.10. The van der Waals surface area contributed by atoms with E-state index >= 15 is 0 Å². The average Bonchev–Trinajstić information content (AvgIpc) is 2.35. The highest BCUT2D eigenvalue weighted by molar-refractivity contribution is 5.92. The molecule has 20 heavy (non-hydrogen) atoms. The van der Waals surface area contributed by atoms with E-state index in [4.69, 9.17) is 5.11 Å². The molecule has 0 saturated carbocycles. The van der Waals surface area contributed by atoms with Crippen LogP contribution in [0.4, 0.5) is 16.2 Å². The minimum absolute atomic E-state index is 0.186. The summed E-state index contributed by atoms with van der Waals surface area (Å²) in [5.74, 6) is -1.23. The molecule has 1 rings (SSSR count). The van der Waals surface area contributed by atoms with Crippen molar-refractivity contribution in [2.75, 3.05) is 24.3 Å². The second-order valence-corrected chi connectivity index (χ2v) is 5.10. The Bertz CT molecular complexity index is 469. The van der Waals surface area contributed by atoms with Crippen LogP contribution in [0.2, 0.25) is 0 Å². The molecular formula is C14H21N3O3. The van der Waals surface area contributed by atoms with Crippen molar-refractivity contribution in [1.29, 1.82) is 0 Å². The number of hydrogen-bond donors (Lipinski definition) is 3. The Morgan fingerprint density at radius 2 is 1.70 bits per heavy atom. The Balaban J connectivity index is 2.64. The van der Waals surface area contributed by atoms with Gasteiger partial charge in [-0.1, -0.05) is 13.8 Å². The maximum atomic E-state index is 11.8. The monoisotopic (exact) mass is 279 g/mol. The van der Waals surface area contributed by atoms with E-state index in [1.165, 1.54) is 0 Å². The van der Waals surface area contributed by atoms with Gasteiger partial charge in [-0.3, -0.25) is 0 Å². The van der Waals surface area contributed by atoms with Crippen molar-refractivity contribution in [2.45, 2.75) is 19.9 Å². The van der Waals surface area contributed by atoms with Crippen LogP contribution in [0.1, 0.15) is 13.8 Å². The highest BCUT2D eigenvalue weighted by Gasteiger charge is 2.23. The van der Waals surface area contributed by atoms with E-state index in [0.29, 0.717) is 5.69 Å². The van der Waals surface area contributed by atoms with Crippen molar-refractivity contribution >= 4 is 23.4 Å². The maximum Gasteiger partial charge on any atom is 0.326 e. The number of rotatable bonds is 5. The summed E-state index contributed by atoms with van der Waals surface area (Å²) in [4.78, 5) is 24.7. The van der Waals surface area contributed by atoms with Gasteiger partial charge in [0.05, 0.1) is 0 Å². The highest BCUT2D eigenvalue weighted by atomic mass is 16.4. The Labute approximate surface area is 118 Å². The van der Waals surface area contributed by atoms with Crippen molar-refractivity contribution in [3.05, 3.63) is 24.3 Å². The predicted octanol–water partition coefficient (Wildman–Crippen LogP) is 1.98. The molecule has 6 heteroatoms. The SMILES string of the molecule is CC(C)[C@H](NC(=O)Nc1ccc(N(C)C)cc1)C(=O)O. The van der Waals surface area contributed by atoms with Crippen LogP contribution >= 0.6 is 0 Å². The third-order valence-corrected chi connectivity index (χ3v) is 2.86. The molecule has 110 valence electrons. The van der Waals surface area contributed by atoms with E-state index < -0.39 is 18.0 Å². The van der Waals surface area contributed by atoms with E-state index in [1.54, 1.807) is 26.0 Å². The first kappa shape index (κ1) is 15.8. The first-order valence-electron chi connectivity index (χ1n) is 6.39. The van der Waals surface area contributed by atoms with Crippen LogP contribution in [-0.2, 0) is 4.79 Å². The number of carbonyl (C=O) groups excluding carboxylic acids is 1. The number of carboxylic acids is 1. The highest BCUT2D eigenvalue weighted by Crippen LogP contribution is 2.15. The number of hydrogen-bond acceptors (Lipinski definition) is 3. The van der Waals surface area contributed by atoms with Crippen molar-refractivity contribution in [3.8, 4) is 0 Å². The van der Waals surface area contributed by atoms with Crippen molar-refractivity contribution in [1.82, 2.24) is 5.32 Å². The summed E-state index contributed by atoms with van der Waals surface area (Å²) in [6.07, 6.45) is 0. The zero-order valence-electron chi connectivity index (χ0n) is 12.2. The molecule has 1 atom stereocenters. The summed E-state index contributed by atoms with van der Waals surface area (Å²) >= 11 is 0. The number of benzene rings is 1. The summed E-state index contributed by atoms with van der Waals surface area (Å²) in [7, 11) is 3.85. The lowest BCUT2D eigenvalue weighted by molar-refractivity contribution is -0.140. The second kappa shape index (κ2) is 6.79. The van der Waals surface area contributed by atoms with E-state index in [2.05, 4.69) is 10.6 Å². The topological polar surface area (TPSA) is 81.7 Å². The third-order valence-electron chi connectivity index (χ3n) is 2.86. The first-order chi connectivity index (χ1) is 9.31. The lowest BCUT2D eigenvalue weighted by Crippen LogP contribution is -2.46. The fraction of sp³-hybridized carbons (Fsp3) is 0.429. The standard InChI is InChI=1S/C14H21N3O3/c1-9(2)12(13(18)19)16-14(20)15-10-5-7-11(8-6-10)17(3)4/h5-9,12H,1-4H3,(H,18,19)(H2,15,16,20)/t12-/m0/s1. The van der Waals surface area contributed by atoms with Crippen molar-refractivity contribution in [3.63, 3.8) is 0 Å². The maximum absolute atomic E-state index is 11.8. The summed E-state index contributed by atoms with van der Waals surface area (Å²) < 4.78 is 0. The normalized spacial score (nSPS) is 11.8. The van der Waals surface area contributed by atoms with Crippen molar-refractivity contribution < 1.29 is 14.7 Å². The van der Waals surface area contributed by atoms with Gasteiger partial charge in [0.15, 0.2) is 0 Å². The van der Waals surface area contributed by atoms with Gasteiger partial charge >= 0.3 is 12.0 Å².